The van der Waals surface area contributed by atoms with Crippen LogP contribution in [0.3, 0.4) is 0 Å². The Labute approximate surface area is 133 Å². The van der Waals surface area contributed by atoms with Crippen LogP contribution in [0.15, 0.2) is 29.6 Å². The average Bonchev–Trinajstić information content (AvgIpc) is 2.96. The van der Waals surface area contributed by atoms with Gasteiger partial charge in [0.2, 0.25) is 0 Å². The van der Waals surface area contributed by atoms with Crippen LogP contribution in [0, 0.1) is 5.82 Å². The number of hydrogen-bond donors (Lipinski definition) is 1. The van der Waals surface area contributed by atoms with Crippen molar-refractivity contribution in [3.8, 4) is 5.75 Å². The van der Waals surface area contributed by atoms with E-state index < -0.39 is 0 Å². The molecule has 22 heavy (non-hydrogen) atoms. The molecule has 0 spiro atoms. The number of rotatable bonds is 7. The van der Waals surface area contributed by atoms with Crippen molar-refractivity contribution >= 4 is 17.2 Å². The summed E-state index contributed by atoms with van der Waals surface area (Å²) in [6.45, 7) is 4.32. The molecule has 0 unspecified atom stereocenters. The molecule has 2 aromatic rings. The maximum Gasteiger partial charge on any atom is 0.270 e. The lowest BCUT2D eigenvalue weighted by atomic mass is 10.2. The van der Waals surface area contributed by atoms with Crippen LogP contribution in [-0.4, -0.2) is 16.9 Å². The number of nitrogens with one attached hydrogen (secondary N) is 1. The number of aromatic nitrogens is 1. The summed E-state index contributed by atoms with van der Waals surface area (Å²) in [7, 11) is 0. The fourth-order valence-electron chi connectivity index (χ4n) is 1.96. The van der Waals surface area contributed by atoms with Crippen LogP contribution in [0.1, 0.15) is 42.2 Å². The van der Waals surface area contributed by atoms with Gasteiger partial charge in [0.1, 0.15) is 28.9 Å². The number of amides is 1. The molecule has 0 aliphatic carbocycles. The summed E-state index contributed by atoms with van der Waals surface area (Å²) in [5.41, 5.74) is 0.408. The molecule has 0 aliphatic heterocycles. The number of carbonyl (C=O) groups is 1. The van der Waals surface area contributed by atoms with Crippen LogP contribution in [0.4, 0.5) is 4.39 Å². The largest absolute Gasteiger partial charge is 0.486 e. The monoisotopic (exact) mass is 322 g/mol. The van der Waals surface area contributed by atoms with Crippen LogP contribution < -0.4 is 10.1 Å². The Morgan fingerprint density at radius 1 is 1.41 bits per heavy atom. The van der Waals surface area contributed by atoms with E-state index in [1.807, 2.05) is 6.92 Å². The van der Waals surface area contributed by atoms with E-state index in [1.54, 1.807) is 17.5 Å². The summed E-state index contributed by atoms with van der Waals surface area (Å²) in [6.07, 6.45) is 1.96. The first-order chi connectivity index (χ1) is 10.6. The lowest BCUT2D eigenvalue weighted by Gasteiger charge is -2.11. The van der Waals surface area contributed by atoms with Gasteiger partial charge in [-0.1, -0.05) is 13.3 Å². The first-order valence-corrected chi connectivity index (χ1v) is 8.10. The van der Waals surface area contributed by atoms with Gasteiger partial charge in [-0.3, -0.25) is 4.79 Å². The molecule has 4 nitrogen and oxygen atoms in total. The van der Waals surface area contributed by atoms with Crippen molar-refractivity contribution in [1.29, 1.82) is 0 Å². The van der Waals surface area contributed by atoms with Gasteiger partial charge in [0.05, 0.1) is 0 Å². The standard InChI is InChI=1S/C16H19FN2O2S/c1-3-4-11(2)18-16(20)14-10-22-15(19-14)9-21-13-7-5-12(17)6-8-13/h5-8,10-11H,3-4,9H2,1-2H3,(H,18,20)/t11-/m0/s1. The van der Waals surface area contributed by atoms with Crippen LogP contribution in [0.2, 0.25) is 0 Å². The van der Waals surface area contributed by atoms with Gasteiger partial charge >= 0.3 is 0 Å². The van der Waals surface area contributed by atoms with Crippen molar-refractivity contribution in [2.45, 2.75) is 39.3 Å². The highest BCUT2D eigenvalue weighted by molar-refractivity contribution is 7.09. The molecule has 0 saturated heterocycles. The number of halogens is 1. The molecule has 1 aromatic carbocycles. The van der Waals surface area contributed by atoms with E-state index in [1.165, 1.54) is 23.5 Å². The highest BCUT2D eigenvalue weighted by Crippen LogP contribution is 2.16. The molecule has 0 fully saturated rings. The molecule has 0 radical (unpaired) electrons. The van der Waals surface area contributed by atoms with E-state index in [9.17, 15) is 9.18 Å². The Hall–Kier alpha value is -1.95. The van der Waals surface area contributed by atoms with E-state index in [4.69, 9.17) is 4.74 Å². The summed E-state index contributed by atoms with van der Waals surface area (Å²) in [5.74, 6) is 0.103. The Morgan fingerprint density at radius 3 is 2.82 bits per heavy atom. The summed E-state index contributed by atoms with van der Waals surface area (Å²) < 4.78 is 18.3. The molecule has 0 bridgehead atoms. The molecule has 1 aromatic heterocycles. The number of benzene rings is 1. The second-order valence-electron chi connectivity index (χ2n) is 5.03. The van der Waals surface area contributed by atoms with Crippen LogP contribution in [0.5, 0.6) is 5.75 Å². The molecule has 1 atom stereocenters. The zero-order valence-corrected chi connectivity index (χ0v) is 13.5. The molecule has 0 saturated carbocycles. The van der Waals surface area contributed by atoms with E-state index in [0.717, 1.165) is 12.8 Å². The molecular formula is C16H19FN2O2S. The summed E-state index contributed by atoms with van der Waals surface area (Å²) in [5, 5.41) is 5.34. The normalized spacial score (nSPS) is 12.0. The van der Waals surface area contributed by atoms with Crippen LogP contribution in [-0.2, 0) is 6.61 Å². The lowest BCUT2D eigenvalue weighted by Crippen LogP contribution is -2.32. The van der Waals surface area contributed by atoms with Gasteiger partial charge < -0.3 is 10.1 Å². The highest BCUT2D eigenvalue weighted by Gasteiger charge is 2.13. The van der Waals surface area contributed by atoms with Crippen molar-refractivity contribution in [1.82, 2.24) is 10.3 Å². The van der Waals surface area contributed by atoms with Gasteiger partial charge in [0, 0.05) is 11.4 Å². The third kappa shape index (κ3) is 4.80. The predicted molar refractivity (Wildman–Crippen MR) is 84.7 cm³/mol. The number of ether oxygens (including phenoxy) is 1. The SMILES string of the molecule is CCC[C@H](C)NC(=O)c1csc(COc2ccc(F)cc2)n1. The van der Waals surface area contributed by atoms with Gasteiger partial charge in [-0.05, 0) is 37.6 Å². The number of carbonyl (C=O) groups excluding carboxylic acids is 1. The van der Waals surface area contributed by atoms with Crippen molar-refractivity contribution < 1.29 is 13.9 Å². The Kier molecular flexibility index (Phi) is 5.89. The molecule has 118 valence electrons. The van der Waals surface area contributed by atoms with E-state index in [0.29, 0.717) is 16.5 Å². The topological polar surface area (TPSA) is 51.2 Å². The number of thiazole rings is 1. The quantitative estimate of drug-likeness (QED) is 0.844. The van der Waals surface area contributed by atoms with E-state index in [-0.39, 0.29) is 24.4 Å². The zero-order valence-electron chi connectivity index (χ0n) is 12.6. The molecule has 0 aliphatic rings. The molecule has 6 heteroatoms. The van der Waals surface area contributed by atoms with Gasteiger partial charge in [0.25, 0.3) is 5.91 Å². The molecule has 2 rings (SSSR count). The molecule has 1 heterocycles. The minimum Gasteiger partial charge on any atom is -0.486 e. The zero-order chi connectivity index (χ0) is 15.9. The van der Waals surface area contributed by atoms with Gasteiger partial charge in [-0.25, -0.2) is 9.37 Å². The summed E-state index contributed by atoms with van der Waals surface area (Å²) in [6, 6.07) is 5.93. The molecule has 1 N–H and O–H groups in total. The smallest absolute Gasteiger partial charge is 0.270 e. The minimum atomic E-state index is -0.304. The van der Waals surface area contributed by atoms with Gasteiger partial charge in [0.15, 0.2) is 0 Å². The van der Waals surface area contributed by atoms with Gasteiger partial charge in [-0.15, -0.1) is 11.3 Å². The Balaban J connectivity index is 1.88. The van der Waals surface area contributed by atoms with Crippen LogP contribution >= 0.6 is 11.3 Å². The van der Waals surface area contributed by atoms with Gasteiger partial charge in [-0.2, -0.15) is 0 Å². The third-order valence-electron chi connectivity index (χ3n) is 3.06. The first-order valence-electron chi connectivity index (χ1n) is 7.22. The van der Waals surface area contributed by atoms with Crippen LogP contribution in [0.25, 0.3) is 0 Å². The fraction of sp³-hybridized carbons (Fsp3) is 0.375. The number of nitrogens with zero attached hydrogens (tertiary/aromatic N) is 1. The van der Waals surface area contributed by atoms with E-state index in [2.05, 4.69) is 17.2 Å². The lowest BCUT2D eigenvalue weighted by molar-refractivity contribution is 0.0933. The Bertz CT molecular complexity index is 613. The van der Waals surface area contributed by atoms with Crippen molar-refractivity contribution in [2.24, 2.45) is 0 Å². The minimum absolute atomic E-state index is 0.137. The summed E-state index contributed by atoms with van der Waals surface area (Å²) in [4.78, 5) is 16.3. The maximum absolute atomic E-state index is 12.8. The van der Waals surface area contributed by atoms with Crippen molar-refractivity contribution in [2.75, 3.05) is 0 Å². The molecular weight excluding hydrogens is 303 g/mol. The Morgan fingerprint density at radius 2 is 2.14 bits per heavy atom. The first kappa shape index (κ1) is 16.4. The maximum atomic E-state index is 12.8. The predicted octanol–water partition coefficient (Wildman–Crippen LogP) is 3.78. The average molecular weight is 322 g/mol. The summed E-state index contributed by atoms with van der Waals surface area (Å²) >= 11 is 1.37. The number of hydrogen-bond acceptors (Lipinski definition) is 4. The molecule has 1 amide bonds. The third-order valence-corrected chi connectivity index (χ3v) is 3.88. The highest BCUT2D eigenvalue weighted by atomic mass is 32.1. The fourth-order valence-corrected chi connectivity index (χ4v) is 2.65. The van der Waals surface area contributed by atoms with E-state index >= 15 is 0 Å². The van der Waals surface area contributed by atoms with Crippen molar-refractivity contribution in [3.05, 3.63) is 46.2 Å². The second-order valence-corrected chi connectivity index (χ2v) is 5.97. The second kappa shape index (κ2) is 7.89. The van der Waals surface area contributed by atoms with Crippen molar-refractivity contribution in [3.63, 3.8) is 0 Å².